The number of hydrogen-bond acceptors (Lipinski definition) is 3. The molecule has 1 aliphatic carbocycles. The highest BCUT2D eigenvalue weighted by atomic mass is 35.5. The second-order valence-corrected chi connectivity index (χ2v) is 11.1. The van der Waals surface area contributed by atoms with Crippen molar-refractivity contribution in [3.63, 3.8) is 0 Å². The number of amides is 1. The summed E-state index contributed by atoms with van der Waals surface area (Å²) in [5, 5.41) is 15.8. The molecule has 1 amide bonds. The molecular weight excluding hydrogens is 420 g/mol. The van der Waals surface area contributed by atoms with Gasteiger partial charge in [0.15, 0.2) is 0 Å². The Bertz CT molecular complexity index is 802. The number of aliphatic hydroxyl groups is 1. The van der Waals surface area contributed by atoms with Gasteiger partial charge in [-0.3, -0.25) is 4.79 Å². The van der Waals surface area contributed by atoms with Gasteiger partial charge in [0, 0.05) is 23.5 Å². The lowest BCUT2D eigenvalue weighted by Gasteiger charge is -2.51. The zero-order valence-corrected chi connectivity index (χ0v) is 21.0. The summed E-state index contributed by atoms with van der Waals surface area (Å²) in [6.45, 7) is 10.3. The summed E-state index contributed by atoms with van der Waals surface area (Å²) in [5.41, 5.74) is 1.01. The topological polar surface area (TPSA) is 52.6 Å². The van der Waals surface area contributed by atoms with Crippen LogP contribution in [0, 0.1) is 11.3 Å². The molecule has 0 aromatic heterocycles. The summed E-state index contributed by atoms with van der Waals surface area (Å²) >= 11 is 6.05. The number of rotatable bonds is 8. The Morgan fingerprint density at radius 2 is 1.94 bits per heavy atom. The molecule has 178 valence electrons. The fourth-order valence-electron chi connectivity index (χ4n) is 5.28. The predicted octanol–water partition coefficient (Wildman–Crippen LogP) is 5.68. The molecule has 0 bridgehead atoms. The number of hydrogen-bond donors (Lipinski definition) is 2. The van der Waals surface area contributed by atoms with E-state index < -0.39 is 11.0 Å². The van der Waals surface area contributed by atoms with E-state index in [9.17, 15) is 9.90 Å². The van der Waals surface area contributed by atoms with Crippen molar-refractivity contribution in [2.24, 2.45) is 11.3 Å². The van der Waals surface area contributed by atoms with Crippen molar-refractivity contribution < 1.29 is 9.90 Å². The number of carbonyl (C=O) groups excluding carboxylic acids is 1. The molecule has 1 aromatic carbocycles. The summed E-state index contributed by atoms with van der Waals surface area (Å²) in [5.74, 6) is 0.375. The van der Waals surface area contributed by atoms with Crippen molar-refractivity contribution >= 4 is 17.5 Å². The van der Waals surface area contributed by atoms with Gasteiger partial charge < -0.3 is 15.3 Å². The molecule has 1 fully saturated rings. The first kappa shape index (κ1) is 25.3. The number of nitrogens with one attached hydrogen (secondary N) is 1. The van der Waals surface area contributed by atoms with E-state index in [0.717, 1.165) is 24.9 Å². The van der Waals surface area contributed by atoms with E-state index in [-0.39, 0.29) is 17.9 Å². The van der Waals surface area contributed by atoms with Crippen LogP contribution >= 0.6 is 11.6 Å². The highest BCUT2D eigenvalue weighted by Crippen LogP contribution is 2.46. The zero-order valence-electron chi connectivity index (χ0n) is 20.3. The molecule has 0 unspecified atom stereocenters. The quantitative estimate of drug-likeness (QED) is 0.387. The number of likely N-dealkylation sites (tertiary alicyclic amines) is 1. The van der Waals surface area contributed by atoms with Crippen LogP contribution in [0.3, 0.4) is 0 Å². The molecule has 1 saturated heterocycles. The van der Waals surface area contributed by atoms with Crippen LogP contribution in [0.1, 0.15) is 78.2 Å². The lowest BCUT2D eigenvalue weighted by atomic mass is 9.66. The van der Waals surface area contributed by atoms with Gasteiger partial charge in [-0.2, -0.15) is 0 Å². The van der Waals surface area contributed by atoms with E-state index in [1.807, 2.05) is 29.2 Å². The van der Waals surface area contributed by atoms with E-state index >= 15 is 0 Å². The number of halogens is 1. The average molecular weight is 461 g/mol. The second kappa shape index (κ2) is 10.7. The van der Waals surface area contributed by atoms with Gasteiger partial charge in [-0.1, -0.05) is 63.1 Å². The van der Waals surface area contributed by atoms with Gasteiger partial charge in [0.2, 0.25) is 5.91 Å². The second-order valence-electron chi connectivity index (χ2n) is 10.6. The highest BCUT2D eigenvalue weighted by molar-refractivity contribution is 6.30. The molecule has 2 N–H and O–H groups in total. The van der Waals surface area contributed by atoms with Crippen LogP contribution in [0.4, 0.5) is 0 Å². The average Bonchev–Trinajstić information content (AvgIpc) is 2.76. The molecule has 1 aromatic rings. The molecule has 0 radical (unpaired) electrons. The third kappa shape index (κ3) is 5.76. The van der Waals surface area contributed by atoms with E-state index in [0.29, 0.717) is 24.5 Å². The fraction of sp³-hybridized carbons (Fsp3) is 0.667. The van der Waals surface area contributed by atoms with Crippen LogP contribution in [0.5, 0.6) is 0 Å². The predicted molar refractivity (Wildman–Crippen MR) is 133 cm³/mol. The van der Waals surface area contributed by atoms with Crippen molar-refractivity contribution in [1.29, 1.82) is 0 Å². The molecule has 0 saturated carbocycles. The first-order chi connectivity index (χ1) is 15.1. The van der Waals surface area contributed by atoms with E-state index in [1.54, 1.807) is 5.57 Å². The molecule has 1 heterocycles. The van der Waals surface area contributed by atoms with Crippen molar-refractivity contribution in [3.8, 4) is 0 Å². The van der Waals surface area contributed by atoms with Crippen LogP contribution in [-0.4, -0.2) is 41.6 Å². The van der Waals surface area contributed by atoms with Gasteiger partial charge in [-0.15, -0.1) is 0 Å². The maximum atomic E-state index is 13.5. The van der Waals surface area contributed by atoms with Crippen molar-refractivity contribution in [2.75, 3.05) is 19.6 Å². The first-order valence-corrected chi connectivity index (χ1v) is 12.7. The van der Waals surface area contributed by atoms with Gasteiger partial charge >= 0.3 is 0 Å². The summed E-state index contributed by atoms with van der Waals surface area (Å²) < 4.78 is 0. The maximum Gasteiger partial charge on any atom is 0.239 e. The normalized spacial score (nSPS) is 24.3. The molecule has 3 rings (SSSR count). The largest absolute Gasteiger partial charge is 0.384 e. The van der Waals surface area contributed by atoms with E-state index in [2.05, 4.69) is 39.1 Å². The van der Waals surface area contributed by atoms with E-state index in [1.165, 1.54) is 25.7 Å². The molecule has 32 heavy (non-hydrogen) atoms. The minimum atomic E-state index is -0.983. The van der Waals surface area contributed by atoms with Gasteiger partial charge in [0.1, 0.15) is 0 Å². The Labute approximate surface area is 199 Å². The summed E-state index contributed by atoms with van der Waals surface area (Å²) in [6, 6.07) is 7.27. The lowest BCUT2D eigenvalue weighted by molar-refractivity contribution is -0.155. The monoisotopic (exact) mass is 460 g/mol. The fourth-order valence-corrected chi connectivity index (χ4v) is 5.41. The Morgan fingerprint density at radius 3 is 2.53 bits per heavy atom. The Hall–Kier alpha value is -1.36. The molecule has 2 aliphatic rings. The van der Waals surface area contributed by atoms with E-state index in [4.69, 9.17) is 11.6 Å². The maximum absolute atomic E-state index is 13.5. The first-order valence-electron chi connectivity index (χ1n) is 12.3. The number of allylic oxidation sites excluding steroid dienone is 2. The summed E-state index contributed by atoms with van der Waals surface area (Å²) in [7, 11) is 0. The Morgan fingerprint density at radius 1 is 1.22 bits per heavy atom. The van der Waals surface area contributed by atoms with Crippen LogP contribution in [-0.2, 0) is 10.4 Å². The van der Waals surface area contributed by atoms with Gasteiger partial charge in [-0.05, 0) is 75.1 Å². The number of nitrogens with zero attached hydrogens (tertiary/aromatic N) is 1. The number of benzene rings is 1. The van der Waals surface area contributed by atoms with Gasteiger partial charge in [0.05, 0.1) is 11.6 Å². The lowest BCUT2D eigenvalue weighted by Crippen LogP contribution is -2.60. The third-order valence-electron chi connectivity index (χ3n) is 7.44. The number of carbonyl (C=O) groups is 1. The molecule has 5 heteroatoms. The molecule has 1 aliphatic heterocycles. The minimum Gasteiger partial charge on any atom is -0.384 e. The Kier molecular flexibility index (Phi) is 8.46. The molecule has 4 nitrogen and oxygen atoms in total. The summed E-state index contributed by atoms with van der Waals surface area (Å²) in [6.07, 6.45) is 10.2. The Balaban J connectivity index is 1.60. The highest BCUT2D eigenvalue weighted by Gasteiger charge is 2.50. The molecule has 2 atom stereocenters. The van der Waals surface area contributed by atoms with Crippen LogP contribution < -0.4 is 5.32 Å². The van der Waals surface area contributed by atoms with Crippen molar-refractivity contribution in [1.82, 2.24) is 10.2 Å². The van der Waals surface area contributed by atoms with Crippen molar-refractivity contribution in [3.05, 3.63) is 46.5 Å². The van der Waals surface area contributed by atoms with Gasteiger partial charge in [0.25, 0.3) is 0 Å². The standard InChI is InChI=1S/C27H41ClN2O2/c1-20(2)24(29-17-8-11-21-9-6-5-7-10-21)25(31)30-18-16-27(32,26(3,4)19-30)22-12-14-23(28)15-13-22/h9,12-15,20,24,29,32H,5-8,10-11,16-19H2,1-4H3/t24-,27+/m1/s1. The smallest absolute Gasteiger partial charge is 0.239 e. The minimum absolute atomic E-state index is 0.156. The van der Waals surface area contributed by atoms with Crippen LogP contribution in [0.25, 0.3) is 0 Å². The SMILES string of the molecule is CC(C)[C@@H](NCCCC1=CCCCC1)C(=O)N1CC[C@](O)(c2ccc(Cl)cc2)C(C)(C)C1. The van der Waals surface area contributed by atoms with Crippen LogP contribution in [0.2, 0.25) is 5.02 Å². The third-order valence-corrected chi connectivity index (χ3v) is 7.69. The van der Waals surface area contributed by atoms with Crippen molar-refractivity contribution in [2.45, 2.75) is 84.3 Å². The number of piperidine rings is 1. The molecular formula is C27H41ClN2O2. The summed E-state index contributed by atoms with van der Waals surface area (Å²) in [4.78, 5) is 15.4. The van der Waals surface area contributed by atoms with Gasteiger partial charge in [-0.25, -0.2) is 0 Å². The molecule has 0 spiro atoms. The van der Waals surface area contributed by atoms with Crippen LogP contribution in [0.15, 0.2) is 35.9 Å². The zero-order chi connectivity index (χ0) is 23.4.